The van der Waals surface area contributed by atoms with E-state index in [0.717, 1.165) is 16.7 Å². The molecule has 0 radical (unpaired) electrons. The van der Waals surface area contributed by atoms with Crippen molar-refractivity contribution in [3.05, 3.63) is 102 Å². The fourth-order valence-electron chi connectivity index (χ4n) is 3.81. The highest BCUT2D eigenvalue weighted by Gasteiger charge is 2.28. The Bertz CT molecular complexity index is 1340. The van der Waals surface area contributed by atoms with Crippen molar-refractivity contribution >= 4 is 11.6 Å². The molecular weight excluding hydrogens is 451 g/mol. The van der Waals surface area contributed by atoms with Gasteiger partial charge in [-0.1, -0.05) is 43.3 Å². The largest absolute Gasteiger partial charge is 0.326 e. The Balaban J connectivity index is 1.47. The van der Waals surface area contributed by atoms with E-state index in [0.29, 0.717) is 22.6 Å². The predicted octanol–water partition coefficient (Wildman–Crippen LogP) is 6.94. The molecule has 0 aliphatic carbocycles. The van der Waals surface area contributed by atoms with Crippen LogP contribution in [-0.2, 0) is 17.1 Å². The molecule has 4 rings (SSSR count). The molecule has 1 heterocycles. The minimum atomic E-state index is -2.87. The van der Waals surface area contributed by atoms with Gasteiger partial charge >= 0.3 is 0 Å². The Morgan fingerprint density at radius 3 is 2.20 bits per heavy atom. The molecule has 0 aliphatic heterocycles. The third-order valence-electron chi connectivity index (χ3n) is 5.77. The van der Waals surface area contributed by atoms with Crippen LogP contribution >= 0.6 is 0 Å². The Morgan fingerprint density at radius 2 is 1.57 bits per heavy atom. The van der Waals surface area contributed by atoms with Gasteiger partial charge in [-0.3, -0.25) is 14.8 Å². The number of hydrogen-bond donors (Lipinski definition) is 1. The van der Waals surface area contributed by atoms with Gasteiger partial charge in [0.15, 0.2) is 0 Å². The van der Waals surface area contributed by atoms with E-state index >= 15 is 0 Å². The molecule has 178 valence electrons. The summed E-state index contributed by atoms with van der Waals surface area (Å²) >= 11 is 0. The summed E-state index contributed by atoms with van der Waals surface area (Å²) in [5, 5.41) is 2.82. The van der Waals surface area contributed by atoms with Gasteiger partial charge in [0.25, 0.3) is 5.92 Å². The van der Waals surface area contributed by atoms with Crippen molar-refractivity contribution in [2.45, 2.75) is 32.6 Å². The van der Waals surface area contributed by atoms with Crippen LogP contribution in [0.3, 0.4) is 0 Å². The van der Waals surface area contributed by atoms with E-state index in [1.807, 2.05) is 19.1 Å². The number of aromatic nitrogens is 2. The molecule has 0 bridgehead atoms. The van der Waals surface area contributed by atoms with Gasteiger partial charge in [0.1, 0.15) is 5.82 Å². The predicted molar refractivity (Wildman–Crippen MR) is 131 cm³/mol. The van der Waals surface area contributed by atoms with Gasteiger partial charge in [0, 0.05) is 41.2 Å². The maximum Gasteiger partial charge on any atom is 0.273 e. The minimum Gasteiger partial charge on any atom is -0.326 e. The lowest BCUT2D eigenvalue weighted by Gasteiger charge is -2.14. The number of carbonyl (C=O) groups is 1. The summed E-state index contributed by atoms with van der Waals surface area (Å²) in [7, 11) is 0. The SMILES string of the molecule is CCC(F)(F)c1ccc(CC(=O)Nc2ccc(-c3nccnc3-c3ccc(F)cc3C)cc2)cc1. The molecule has 0 atom stereocenters. The van der Waals surface area contributed by atoms with Crippen LogP contribution in [0.1, 0.15) is 30.0 Å². The van der Waals surface area contributed by atoms with Gasteiger partial charge in [-0.2, -0.15) is 0 Å². The summed E-state index contributed by atoms with van der Waals surface area (Å²) in [6, 6.07) is 17.5. The Labute approximate surface area is 201 Å². The van der Waals surface area contributed by atoms with Crippen LogP contribution in [0.5, 0.6) is 0 Å². The zero-order valence-corrected chi connectivity index (χ0v) is 19.4. The molecule has 1 aromatic heterocycles. The first kappa shape index (κ1) is 24.1. The molecule has 35 heavy (non-hydrogen) atoms. The molecule has 4 aromatic rings. The number of hydrogen-bond acceptors (Lipinski definition) is 3. The minimum absolute atomic E-state index is 0.0565. The molecule has 0 spiro atoms. The van der Waals surface area contributed by atoms with Crippen LogP contribution in [-0.4, -0.2) is 15.9 Å². The van der Waals surface area contributed by atoms with Crippen molar-refractivity contribution in [1.82, 2.24) is 9.97 Å². The first-order chi connectivity index (χ1) is 16.8. The molecule has 0 aliphatic rings. The maximum absolute atomic E-state index is 13.8. The van der Waals surface area contributed by atoms with Gasteiger partial charge in [-0.05, 0) is 48.4 Å². The molecule has 3 aromatic carbocycles. The lowest BCUT2D eigenvalue weighted by atomic mass is 10.00. The molecule has 0 fully saturated rings. The second kappa shape index (κ2) is 10.1. The molecule has 0 saturated carbocycles. The second-order valence-corrected chi connectivity index (χ2v) is 8.27. The van der Waals surface area contributed by atoms with Crippen LogP contribution in [0, 0.1) is 12.7 Å². The fraction of sp³-hybridized carbons (Fsp3) is 0.179. The van der Waals surface area contributed by atoms with Crippen LogP contribution in [0.25, 0.3) is 22.5 Å². The lowest BCUT2D eigenvalue weighted by molar-refractivity contribution is -0.115. The fourth-order valence-corrected chi connectivity index (χ4v) is 3.81. The Morgan fingerprint density at radius 1 is 0.914 bits per heavy atom. The van der Waals surface area contributed by atoms with Gasteiger partial charge in [-0.25, -0.2) is 13.2 Å². The third kappa shape index (κ3) is 5.57. The van der Waals surface area contributed by atoms with E-state index in [9.17, 15) is 18.0 Å². The highest BCUT2D eigenvalue weighted by atomic mass is 19.3. The molecule has 1 N–H and O–H groups in total. The van der Waals surface area contributed by atoms with E-state index in [2.05, 4.69) is 15.3 Å². The van der Waals surface area contributed by atoms with Gasteiger partial charge < -0.3 is 5.32 Å². The molecule has 0 unspecified atom stereocenters. The number of alkyl halides is 2. The lowest BCUT2D eigenvalue weighted by Crippen LogP contribution is -2.15. The summed E-state index contributed by atoms with van der Waals surface area (Å²) in [5.74, 6) is -3.44. The number of anilines is 1. The average Bonchev–Trinajstić information content (AvgIpc) is 2.85. The van der Waals surface area contributed by atoms with Crippen LogP contribution in [0.4, 0.5) is 18.9 Å². The Kier molecular flexibility index (Phi) is 6.96. The van der Waals surface area contributed by atoms with E-state index in [-0.39, 0.29) is 30.1 Å². The normalized spacial score (nSPS) is 11.3. The molecule has 0 saturated heterocycles. The van der Waals surface area contributed by atoms with E-state index < -0.39 is 5.92 Å². The van der Waals surface area contributed by atoms with Crippen molar-refractivity contribution in [2.75, 3.05) is 5.32 Å². The Hall–Kier alpha value is -4.00. The number of carbonyl (C=O) groups excluding carboxylic acids is 1. The topological polar surface area (TPSA) is 54.9 Å². The number of benzene rings is 3. The molecule has 1 amide bonds. The van der Waals surface area contributed by atoms with Crippen molar-refractivity contribution in [2.24, 2.45) is 0 Å². The third-order valence-corrected chi connectivity index (χ3v) is 5.77. The smallest absolute Gasteiger partial charge is 0.273 e. The summed E-state index contributed by atoms with van der Waals surface area (Å²) in [4.78, 5) is 21.4. The molecule has 4 nitrogen and oxygen atoms in total. The second-order valence-electron chi connectivity index (χ2n) is 8.27. The number of halogens is 3. The quantitative estimate of drug-likeness (QED) is 0.315. The summed E-state index contributed by atoms with van der Waals surface area (Å²) in [6.45, 7) is 3.25. The number of nitrogens with one attached hydrogen (secondary N) is 1. The maximum atomic E-state index is 13.8. The number of rotatable bonds is 7. The van der Waals surface area contributed by atoms with Crippen molar-refractivity contribution in [1.29, 1.82) is 0 Å². The van der Waals surface area contributed by atoms with Gasteiger partial charge in [-0.15, -0.1) is 0 Å². The summed E-state index contributed by atoms with van der Waals surface area (Å²) < 4.78 is 41.1. The number of aryl methyl sites for hydroxylation is 1. The monoisotopic (exact) mass is 475 g/mol. The highest BCUT2D eigenvalue weighted by molar-refractivity contribution is 5.92. The van der Waals surface area contributed by atoms with Crippen LogP contribution in [0.2, 0.25) is 0 Å². The van der Waals surface area contributed by atoms with E-state index in [1.54, 1.807) is 42.7 Å². The van der Waals surface area contributed by atoms with Crippen molar-refractivity contribution < 1.29 is 18.0 Å². The first-order valence-corrected chi connectivity index (χ1v) is 11.2. The first-order valence-electron chi connectivity index (χ1n) is 11.2. The van der Waals surface area contributed by atoms with Crippen molar-refractivity contribution in [3.63, 3.8) is 0 Å². The van der Waals surface area contributed by atoms with E-state index in [4.69, 9.17) is 0 Å². The van der Waals surface area contributed by atoms with Gasteiger partial charge in [0.2, 0.25) is 5.91 Å². The number of nitrogens with zero attached hydrogens (tertiary/aromatic N) is 2. The molecule has 7 heteroatoms. The van der Waals surface area contributed by atoms with Gasteiger partial charge in [0.05, 0.1) is 17.8 Å². The van der Waals surface area contributed by atoms with Crippen LogP contribution < -0.4 is 5.32 Å². The number of amides is 1. The highest BCUT2D eigenvalue weighted by Crippen LogP contribution is 2.32. The van der Waals surface area contributed by atoms with E-state index in [1.165, 1.54) is 31.2 Å². The zero-order valence-electron chi connectivity index (χ0n) is 19.4. The van der Waals surface area contributed by atoms with Crippen LogP contribution in [0.15, 0.2) is 79.1 Å². The summed E-state index contributed by atoms with van der Waals surface area (Å²) in [5.41, 5.74) is 4.80. The molecular formula is C28H24F3N3O. The average molecular weight is 476 g/mol. The van der Waals surface area contributed by atoms with Crippen molar-refractivity contribution in [3.8, 4) is 22.5 Å². The standard InChI is InChI=1S/C28H24F3N3O/c1-3-28(30,31)21-8-4-19(5-9-21)17-25(35)34-23-11-6-20(7-12-23)26-27(33-15-14-32-26)24-13-10-22(29)16-18(24)2/h4-16H,3,17H2,1-2H3,(H,34,35). The zero-order chi connectivity index (χ0) is 25.0. The summed E-state index contributed by atoms with van der Waals surface area (Å²) in [6.07, 6.45) is 2.97.